The van der Waals surface area contributed by atoms with Crippen LogP contribution in [0.1, 0.15) is 6.42 Å². The summed E-state index contributed by atoms with van der Waals surface area (Å²) in [5.74, 6) is -0.633. The Morgan fingerprint density at radius 3 is 2.71 bits per heavy atom. The zero-order valence-electron chi connectivity index (χ0n) is 11.6. The molecule has 1 aliphatic rings. The Morgan fingerprint density at radius 2 is 2.05 bits per heavy atom. The van der Waals surface area contributed by atoms with Crippen molar-refractivity contribution in [3.8, 4) is 0 Å². The average Bonchev–Trinajstić information content (AvgIpc) is 2.47. The number of hydrogen-bond donors (Lipinski definition) is 2. The van der Waals surface area contributed by atoms with E-state index in [0.717, 1.165) is 51.4 Å². The molecule has 21 heavy (non-hydrogen) atoms. The fourth-order valence-electron chi connectivity index (χ4n) is 2.18. The molecule has 0 unspecified atom stereocenters. The Hall–Kier alpha value is -0.730. The molecule has 118 valence electrons. The molecule has 1 aliphatic heterocycles. The molecule has 0 atom stereocenters. The van der Waals surface area contributed by atoms with E-state index in [9.17, 15) is 12.8 Å². The number of rotatable bonds is 6. The maximum absolute atomic E-state index is 13.0. The van der Waals surface area contributed by atoms with E-state index >= 15 is 0 Å². The zero-order valence-corrected chi connectivity index (χ0v) is 13.1. The summed E-state index contributed by atoms with van der Waals surface area (Å²) in [4.78, 5) is 1.40. The number of sulfonamides is 1. The summed E-state index contributed by atoms with van der Waals surface area (Å²) >= 11 is 5.60. The van der Waals surface area contributed by atoms with Gasteiger partial charge >= 0.3 is 0 Å². The standard InChI is InChI=1S/C13H18ClFN2O3S/c14-12-10-11(2-3-13(12)15)21(18,19)16-4-1-5-17-6-8-20-9-7-17/h2-3,10,16H,1,4-9H2/p+1. The number of hydrogen-bond acceptors (Lipinski definition) is 3. The maximum atomic E-state index is 13.0. The molecule has 0 bridgehead atoms. The highest BCUT2D eigenvalue weighted by molar-refractivity contribution is 7.89. The van der Waals surface area contributed by atoms with Crippen LogP contribution in [0.15, 0.2) is 23.1 Å². The molecule has 5 nitrogen and oxygen atoms in total. The third kappa shape index (κ3) is 4.89. The molecule has 1 heterocycles. The molecular weight excluding hydrogens is 319 g/mol. The summed E-state index contributed by atoms with van der Waals surface area (Å²) in [6.45, 7) is 4.68. The molecule has 2 rings (SSSR count). The zero-order chi connectivity index (χ0) is 15.3. The predicted molar refractivity (Wildman–Crippen MR) is 77.6 cm³/mol. The van der Waals surface area contributed by atoms with Crippen molar-refractivity contribution in [2.45, 2.75) is 11.3 Å². The highest BCUT2D eigenvalue weighted by Crippen LogP contribution is 2.19. The lowest BCUT2D eigenvalue weighted by atomic mass is 10.3. The van der Waals surface area contributed by atoms with E-state index < -0.39 is 15.8 Å². The number of morpholine rings is 1. The van der Waals surface area contributed by atoms with Gasteiger partial charge in [0.05, 0.1) is 29.7 Å². The average molecular weight is 338 g/mol. The Bertz CT molecular complexity index is 577. The fourth-order valence-corrected chi connectivity index (χ4v) is 3.53. The molecular formula is C13H19ClFN2O3S+. The Morgan fingerprint density at radius 1 is 1.33 bits per heavy atom. The van der Waals surface area contributed by atoms with Crippen LogP contribution in [0.3, 0.4) is 0 Å². The van der Waals surface area contributed by atoms with E-state index in [1.54, 1.807) is 0 Å². The van der Waals surface area contributed by atoms with Crippen LogP contribution in [-0.4, -0.2) is 47.8 Å². The van der Waals surface area contributed by atoms with Gasteiger partial charge in [0.25, 0.3) is 0 Å². The molecule has 0 spiro atoms. The van der Waals surface area contributed by atoms with Crippen LogP contribution < -0.4 is 9.62 Å². The second-order valence-corrected chi connectivity index (χ2v) is 7.11. The van der Waals surface area contributed by atoms with Crippen LogP contribution in [0.5, 0.6) is 0 Å². The number of halogens is 2. The van der Waals surface area contributed by atoms with Gasteiger partial charge in [-0.05, 0) is 18.2 Å². The van der Waals surface area contributed by atoms with Gasteiger partial charge in [-0.2, -0.15) is 0 Å². The fraction of sp³-hybridized carbons (Fsp3) is 0.538. The minimum atomic E-state index is -3.64. The Balaban J connectivity index is 1.82. The van der Waals surface area contributed by atoms with E-state index in [-0.39, 0.29) is 9.92 Å². The van der Waals surface area contributed by atoms with Crippen molar-refractivity contribution >= 4 is 21.6 Å². The van der Waals surface area contributed by atoms with Gasteiger partial charge in [0, 0.05) is 13.0 Å². The van der Waals surface area contributed by atoms with E-state index in [1.807, 2.05) is 0 Å². The Kier molecular flexibility index (Phi) is 5.95. The predicted octanol–water partition coefficient (Wildman–Crippen LogP) is 0.0626. The van der Waals surface area contributed by atoms with E-state index in [2.05, 4.69) is 4.72 Å². The topological polar surface area (TPSA) is 59.8 Å². The number of nitrogens with one attached hydrogen (secondary N) is 2. The number of ether oxygens (including phenoxy) is 1. The first-order valence-corrected chi connectivity index (χ1v) is 8.71. The number of benzene rings is 1. The molecule has 1 aromatic rings. The SMILES string of the molecule is O=S(=O)(NCCC[NH+]1CCOCC1)c1ccc(F)c(Cl)c1. The van der Waals surface area contributed by atoms with Gasteiger partial charge in [0.2, 0.25) is 10.0 Å². The summed E-state index contributed by atoms with van der Waals surface area (Å²) in [6, 6.07) is 3.37. The quantitative estimate of drug-likeness (QED) is 0.722. The lowest BCUT2D eigenvalue weighted by Gasteiger charge is -2.23. The molecule has 0 aliphatic carbocycles. The molecule has 2 N–H and O–H groups in total. The van der Waals surface area contributed by atoms with Crippen molar-refractivity contribution in [2.75, 3.05) is 39.4 Å². The van der Waals surface area contributed by atoms with Gasteiger partial charge in [0.1, 0.15) is 18.9 Å². The van der Waals surface area contributed by atoms with Crippen molar-refractivity contribution in [2.24, 2.45) is 0 Å². The largest absolute Gasteiger partial charge is 0.370 e. The van der Waals surface area contributed by atoms with Crippen LogP contribution in [-0.2, 0) is 14.8 Å². The minimum Gasteiger partial charge on any atom is -0.370 e. The maximum Gasteiger partial charge on any atom is 0.240 e. The second kappa shape index (κ2) is 7.51. The van der Waals surface area contributed by atoms with Crippen LogP contribution in [0.4, 0.5) is 4.39 Å². The van der Waals surface area contributed by atoms with Crippen LogP contribution in [0.25, 0.3) is 0 Å². The summed E-state index contributed by atoms with van der Waals surface area (Å²) in [5, 5.41) is -0.198. The van der Waals surface area contributed by atoms with Crippen molar-refractivity contribution in [3.05, 3.63) is 29.0 Å². The van der Waals surface area contributed by atoms with E-state index in [0.29, 0.717) is 6.54 Å². The smallest absolute Gasteiger partial charge is 0.240 e. The van der Waals surface area contributed by atoms with Gasteiger partial charge < -0.3 is 9.64 Å². The molecule has 8 heteroatoms. The highest BCUT2D eigenvalue weighted by Gasteiger charge is 2.17. The summed E-state index contributed by atoms with van der Waals surface area (Å²) < 4.78 is 44.9. The molecule has 0 amide bonds. The van der Waals surface area contributed by atoms with Crippen molar-refractivity contribution in [3.63, 3.8) is 0 Å². The summed E-state index contributed by atoms with van der Waals surface area (Å²) in [5.41, 5.74) is 0. The third-order valence-electron chi connectivity index (χ3n) is 3.40. The highest BCUT2D eigenvalue weighted by atomic mass is 35.5. The van der Waals surface area contributed by atoms with Crippen LogP contribution in [0, 0.1) is 5.82 Å². The summed E-state index contributed by atoms with van der Waals surface area (Å²) in [6.07, 6.45) is 0.740. The van der Waals surface area contributed by atoms with Gasteiger partial charge in [0.15, 0.2) is 0 Å². The first-order valence-electron chi connectivity index (χ1n) is 6.85. The van der Waals surface area contributed by atoms with Crippen molar-refractivity contribution in [1.29, 1.82) is 0 Å². The van der Waals surface area contributed by atoms with Gasteiger partial charge in [-0.1, -0.05) is 11.6 Å². The van der Waals surface area contributed by atoms with E-state index in [4.69, 9.17) is 16.3 Å². The Labute approximate surface area is 129 Å². The van der Waals surface area contributed by atoms with Crippen molar-refractivity contribution < 1.29 is 22.4 Å². The van der Waals surface area contributed by atoms with Gasteiger partial charge in [-0.25, -0.2) is 17.5 Å². The number of quaternary nitrogens is 1. The minimum absolute atomic E-state index is 0.0207. The van der Waals surface area contributed by atoms with Crippen molar-refractivity contribution in [1.82, 2.24) is 4.72 Å². The second-order valence-electron chi connectivity index (χ2n) is 4.94. The molecule has 1 saturated heterocycles. The normalized spacial score (nSPS) is 17.0. The van der Waals surface area contributed by atoms with E-state index in [1.165, 1.54) is 11.0 Å². The van der Waals surface area contributed by atoms with Gasteiger partial charge in [-0.3, -0.25) is 0 Å². The first kappa shape index (κ1) is 16.6. The van der Waals surface area contributed by atoms with Crippen LogP contribution in [0.2, 0.25) is 5.02 Å². The first-order chi connectivity index (χ1) is 9.99. The lowest BCUT2D eigenvalue weighted by Crippen LogP contribution is -3.14. The molecule has 1 aromatic carbocycles. The van der Waals surface area contributed by atoms with Gasteiger partial charge in [-0.15, -0.1) is 0 Å². The monoisotopic (exact) mass is 337 g/mol. The molecule has 0 aromatic heterocycles. The summed E-state index contributed by atoms with van der Waals surface area (Å²) in [7, 11) is -3.64. The molecule has 0 radical (unpaired) electrons. The lowest BCUT2D eigenvalue weighted by molar-refractivity contribution is -0.908. The third-order valence-corrected chi connectivity index (χ3v) is 5.15. The van der Waals surface area contributed by atoms with Crippen LogP contribution >= 0.6 is 11.6 Å². The molecule has 0 saturated carbocycles. The molecule has 1 fully saturated rings.